The molecule has 3 aromatic rings. The Morgan fingerprint density at radius 1 is 1.43 bits per heavy atom. The van der Waals surface area contributed by atoms with Crippen LogP contribution in [0.15, 0.2) is 16.7 Å². The zero-order valence-electron chi connectivity index (χ0n) is 11.6. The van der Waals surface area contributed by atoms with Crippen molar-refractivity contribution in [3.8, 4) is 0 Å². The van der Waals surface area contributed by atoms with Crippen molar-refractivity contribution in [3.63, 3.8) is 0 Å². The molecule has 0 saturated heterocycles. The smallest absolute Gasteiger partial charge is 0.407 e. The van der Waals surface area contributed by atoms with Gasteiger partial charge in [-0.2, -0.15) is 0 Å². The van der Waals surface area contributed by atoms with Gasteiger partial charge in [0.05, 0.1) is 27.8 Å². The molecule has 9 heteroatoms. The molecule has 1 aliphatic rings. The Kier molecular flexibility index (Phi) is 3.21. The molecule has 0 bridgehead atoms. The van der Waals surface area contributed by atoms with E-state index in [0.717, 1.165) is 5.52 Å². The summed E-state index contributed by atoms with van der Waals surface area (Å²) in [5, 5.41) is 9.94. The minimum absolute atomic E-state index is 0.175. The number of imidazole rings is 1. The van der Waals surface area contributed by atoms with E-state index in [1.165, 1.54) is 11.1 Å². The summed E-state index contributed by atoms with van der Waals surface area (Å²) in [7, 11) is 0. The maximum Gasteiger partial charge on any atom is 0.407 e. The molecule has 0 unspecified atom stereocenters. The van der Waals surface area contributed by atoms with Crippen LogP contribution >= 0.6 is 27.5 Å². The summed E-state index contributed by atoms with van der Waals surface area (Å²) in [6.45, 7) is 0.995. The highest BCUT2D eigenvalue weighted by molar-refractivity contribution is 9.10. The highest BCUT2D eigenvalue weighted by Gasteiger charge is 2.25. The molecular formula is C14H9BrClFN4O2. The van der Waals surface area contributed by atoms with Crippen molar-refractivity contribution >= 4 is 55.6 Å². The van der Waals surface area contributed by atoms with Gasteiger partial charge in [0.2, 0.25) is 0 Å². The second-order valence-corrected chi connectivity index (χ2v) is 6.46. The number of benzene rings is 1. The van der Waals surface area contributed by atoms with Gasteiger partial charge in [0.25, 0.3) is 0 Å². The topological polar surface area (TPSA) is 71.2 Å². The molecule has 118 valence electrons. The van der Waals surface area contributed by atoms with Crippen molar-refractivity contribution in [3.05, 3.63) is 33.4 Å². The van der Waals surface area contributed by atoms with Crippen LogP contribution in [0.2, 0.25) is 5.02 Å². The standard InChI is InChI=1S/C14H9BrClFN4O2/c15-10-7(16)3-6-12(11(10)17)18-4-8-13(6)21-2-1-20(14(22)23)5-9(21)19-8/h3-4H,1-2,5H2,(H,22,23). The fourth-order valence-corrected chi connectivity index (χ4v) is 3.40. The van der Waals surface area contributed by atoms with E-state index in [-0.39, 0.29) is 21.6 Å². The molecule has 2 aromatic heterocycles. The number of carboxylic acid groups (broad SMARTS) is 1. The van der Waals surface area contributed by atoms with Crippen molar-refractivity contribution in [2.45, 2.75) is 13.1 Å². The molecular weight excluding hydrogens is 391 g/mol. The summed E-state index contributed by atoms with van der Waals surface area (Å²) in [4.78, 5) is 21.0. The fourth-order valence-electron chi connectivity index (χ4n) is 2.91. The van der Waals surface area contributed by atoms with Crippen LogP contribution in [0.1, 0.15) is 5.82 Å². The lowest BCUT2D eigenvalue weighted by Crippen LogP contribution is -2.37. The first-order valence-corrected chi connectivity index (χ1v) is 7.93. The van der Waals surface area contributed by atoms with E-state index >= 15 is 0 Å². The zero-order chi connectivity index (χ0) is 16.3. The van der Waals surface area contributed by atoms with Crippen LogP contribution in [-0.2, 0) is 13.1 Å². The Hall–Kier alpha value is -1.93. The number of fused-ring (bicyclic) bond motifs is 5. The van der Waals surface area contributed by atoms with Gasteiger partial charge < -0.3 is 9.67 Å². The van der Waals surface area contributed by atoms with E-state index in [1.807, 2.05) is 4.57 Å². The maximum absolute atomic E-state index is 14.4. The molecule has 0 atom stereocenters. The van der Waals surface area contributed by atoms with Gasteiger partial charge in [0.1, 0.15) is 16.9 Å². The summed E-state index contributed by atoms with van der Waals surface area (Å²) >= 11 is 9.19. The summed E-state index contributed by atoms with van der Waals surface area (Å²) in [6, 6.07) is 1.65. The number of pyridine rings is 1. The number of hydrogen-bond acceptors (Lipinski definition) is 3. The molecule has 0 aliphatic carbocycles. The molecule has 1 aliphatic heterocycles. The summed E-state index contributed by atoms with van der Waals surface area (Å²) in [5.74, 6) is 0.0929. The van der Waals surface area contributed by atoms with Crippen molar-refractivity contribution < 1.29 is 14.3 Å². The molecule has 0 radical (unpaired) electrons. The van der Waals surface area contributed by atoms with Crippen molar-refractivity contribution in [2.75, 3.05) is 6.54 Å². The lowest BCUT2D eigenvalue weighted by atomic mass is 10.2. The van der Waals surface area contributed by atoms with Crippen LogP contribution in [0.4, 0.5) is 9.18 Å². The molecule has 0 spiro atoms. The first-order valence-electron chi connectivity index (χ1n) is 6.76. The molecule has 6 nitrogen and oxygen atoms in total. The lowest BCUT2D eigenvalue weighted by Gasteiger charge is -2.25. The van der Waals surface area contributed by atoms with E-state index in [4.69, 9.17) is 16.7 Å². The lowest BCUT2D eigenvalue weighted by molar-refractivity contribution is 0.132. The fraction of sp³-hybridized carbons (Fsp3) is 0.214. The van der Waals surface area contributed by atoms with Crippen molar-refractivity contribution in [2.24, 2.45) is 0 Å². The van der Waals surface area contributed by atoms with Crippen molar-refractivity contribution in [1.29, 1.82) is 0 Å². The number of nitrogens with zero attached hydrogens (tertiary/aromatic N) is 4. The molecule has 23 heavy (non-hydrogen) atoms. The Balaban J connectivity index is 2.03. The summed E-state index contributed by atoms with van der Waals surface area (Å²) < 4.78 is 16.5. The molecule has 0 fully saturated rings. The van der Waals surface area contributed by atoms with Gasteiger partial charge in [-0.05, 0) is 22.0 Å². The molecule has 1 N–H and O–H groups in total. The van der Waals surface area contributed by atoms with Crippen molar-refractivity contribution in [1.82, 2.24) is 19.4 Å². The molecule has 4 rings (SSSR count). The third kappa shape index (κ3) is 2.08. The third-order valence-corrected chi connectivity index (χ3v) is 5.28. The zero-order valence-corrected chi connectivity index (χ0v) is 13.9. The predicted octanol–water partition coefficient (Wildman–Crippen LogP) is 3.63. The summed E-state index contributed by atoms with van der Waals surface area (Å²) in [5.41, 5.74) is 1.53. The van der Waals surface area contributed by atoms with Crippen LogP contribution < -0.4 is 0 Å². The number of amides is 1. The van der Waals surface area contributed by atoms with Crippen LogP contribution in [0.5, 0.6) is 0 Å². The van der Waals surface area contributed by atoms with E-state index in [1.54, 1.807) is 6.07 Å². The van der Waals surface area contributed by atoms with Crippen LogP contribution in [-0.4, -0.2) is 37.2 Å². The second-order valence-electron chi connectivity index (χ2n) is 5.26. The Labute approximate surface area is 142 Å². The largest absolute Gasteiger partial charge is 0.465 e. The van der Waals surface area contributed by atoms with Crippen LogP contribution in [0.3, 0.4) is 0 Å². The van der Waals surface area contributed by atoms with Gasteiger partial charge >= 0.3 is 6.09 Å². The molecule has 1 amide bonds. The minimum atomic E-state index is -0.982. The minimum Gasteiger partial charge on any atom is -0.465 e. The highest BCUT2D eigenvalue weighted by atomic mass is 79.9. The number of halogens is 3. The third-order valence-electron chi connectivity index (χ3n) is 3.98. The van der Waals surface area contributed by atoms with Crippen LogP contribution in [0, 0.1) is 5.82 Å². The Morgan fingerprint density at radius 3 is 2.96 bits per heavy atom. The molecule has 3 heterocycles. The first kappa shape index (κ1) is 14.6. The molecule has 0 saturated carbocycles. The number of hydrogen-bond donors (Lipinski definition) is 1. The van der Waals surface area contributed by atoms with E-state index in [2.05, 4.69) is 25.9 Å². The SMILES string of the molecule is O=C(O)N1CCn2c(nc3cnc4c(F)c(Br)c(Cl)cc4c32)C1. The predicted molar refractivity (Wildman–Crippen MR) is 86.1 cm³/mol. The van der Waals surface area contributed by atoms with Gasteiger partial charge in [0.15, 0.2) is 5.82 Å². The van der Waals surface area contributed by atoms with E-state index in [9.17, 15) is 9.18 Å². The number of aromatic nitrogens is 3. The van der Waals surface area contributed by atoms with Crippen LogP contribution in [0.25, 0.3) is 21.9 Å². The van der Waals surface area contributed by atoms with Gasteiger partial charge in [-0.3, -0.25) is 9.88 Å². The second kappa shape index (κ2) is 5.04. The Bertz CT molecular complexity index is 990. The average Bonchev–Trinajstić information content (AvgIpc) is 2.90. The normalized spacial score (nSPS) is 14.5. The number of carbonyl (C=O) groups is 1. The molecule has 1 aromatic carbocycles. The average molecular weight is 400 g/mol. The van der Waals surface area contributed by atoms with Gasteiger partial charge in [-0.15, -0.1) is 0 Å². The van der Waals surface area contributed by atoms with Gasteiger partial charge in [-0.1, -0.05) is 11.6 Å². The number of rotatable bonds is 0. The maximum atomic E-state index is 14.4. The van der Waals surface area contributed by atoms with E-state index < -0.39 is 11.9 Å². The monoisotopic (exact) mass is 398 g/mol. The van der Waals surface area contributed by atoms with E-state index in [0.29, 0.717) is 29.8 Å². The first-order chi connectivity index (χ1) is 11.0. The van der Waals surface area contributed by atoms with Gasteiger partial charge in [-0.25, -0.2) is 14.2 Å². The van der Waals surface area contributed by atoms with Gasteiger partial charge in [0, 0.05) is 18.5 Å². The highest BCUT2D eigenvalue weighted by Crippen LogP contribution is 2.35. The Morgan fingerprint density at radius 2 is 2.22 bits per heavy atom. The summed E-state index contributed by atoms with van der Waals surface area (Å²) in [6.07, 6.45) is 0.515. The quantitative estimate of drug-likeness (QED) is 0.586.